The molecule has 0 unspecified atom stereocenters. The summed E-state index contributed by atoms with van der Waals surface area (Å²) in [6.07, 6.45) is 0.663. The highest BCUT2D eigenvalue weighted by Crippen LogP contribution is 2.19. The van der Waals surface area contributed by atoms with Gasteiger partial charge in [0, 0.05) is 7.11 Å². The molecule has 1 aromatic carbocycles. The van der Waals surface area contributed by atoms with E-state index in [1.807, 2.05) is 6.07 Å². The van der Waals surface area contributed by atoms with Gasteiger partial charge in [-0.05, 0) is 31.0 Å². The Kier molecular flexibility index (Phi) is 7.87. The molecule has 0 bridgehead atoms. The predicted octanol–water partition coefficient (Wildman–Crippen LogP) is 1.66. The van der Waals surface area contributed by atoms with Crippen LogP contribution in [-0.2, 0) is 25.4 Å². The van der Waals surface area contributed by atoms with Crippen LogP contribution >= 0.6 is 0 Å². The molecule has 1 aromatic rings. The molecule has 0 atom stereocenters. The van der Waals surface area contributed by atoms with Gasteiger partial charge >= 0.3 is 5.97 Å². The number of nitrogens with zero attached hydrogens (tertiary/aromatic N) is 1. The van der Waals surface area contributed by atoms with E-state index in [9.17, 15) is 4.79 Å². The second-order valence-corrected chi connectivity index (χ2v) is 4.10. The monoisotopic (exact) mass is 293 g/mol. The number of hydrogen-bond donors (Lipinski definition) is 0. The quantitative estimate of drug-likeness (QED) is 0.391. The van der Waals surface area contributed by atoms with Crippen LogP contribution in [-0.4, -0.2) is 39.7 Å². The van der Waals surface area contributed by atoms with Crippen LogP contribution in [0.4, 0.5) is 0 Å². The van der Waals surface area contributed by atoms with Gasteiger partial charge in [0.15, 0.2) is 6.61 Å². The number of ether oxygens (including phenoxy) is 4. The summed E-state index contributed by atoms with van der Waals surface area (Å²) in [7, 11) is 1.56. The molecule has 0 radical (unpaired) electrons. The minimum atomic E-state index is -0.460. The summed E-state index contributed by atoms with van der Waals surface area (Å²) in [5.41, 5.74) is 1.33. The molecule has 0 heterocycles. The molecule has 0 fully saturated rings. The van der Waals surface area contributed by atoms with Gasteiger partial charge in [-0.15, -0.1) is 0 Å². The number of benzene rings is 1. The Balaban J connectivity index is 2.58. The van der Waals surface area contributed by atoms with Gasteiger partial charge in [0.2, 0.25) is 0 Å². The average molecular weight is 293 g/mol. The molecule has 0 saturated carbocycles. The standard InChI is InChI=1S/C15H19NO5/c1-3-20-15(17)10-21-14-5-4-12(8-13(14)9-16)6-7-19-11-18-2/h4-5,8H,3,6-7,10-11H2,1-2H3. The summed E-state index contributed by atoms with van der Waals surface area (Å²) in [6.45, 7) is 2.55. The maximum atomic E-state index is 11.2. The van der Waals surface area contributed by atoms with Gasteiger partial charge in [0.25, 0.3) is 0 Å². The molecule has 0 aliphatic carbocycles. The van der Waals surface area contributed by atoms with Crippen LogP contribution in [0.25, 0.3) is 0 Å². The van der Waals surface area contributed by atoms with E-state index < -0.39 is 5.97 Å². The lowest BCUT2D eigenvalue weighted by Crippen LogP contribution is -2.15. The number of esters is 1. The Bertz CT molecular complexity index is 495. The first-order chi connectivity index (χ1) is 10.2. The van der Waals surface area contributed by atoms with E-state index in [0.29, 0.717) is 30.9 Å². The van der Waals surface area contributed by atoms with Crippen LogP contribution in [0.5, 0.6) is 5.75 Å². The van der Waals surface area contributed by atoms with Crippen molar-refractivity contribution in [3.63, 3.8) is 0 Å². The Morgan fingerprint density at radius 3 is 2.86 bits per heavy atom. The summed E-state index contributed by atoms with van der Waals surface area (Å²) in [5.74, 6) is -0.0921. The highest BCUT2D eigenvalue weighted by atomic mass is 16.7. The zero-order valence-corrected chi connectivity index (χ0v) is 12.3. The molecule has 21 heavy (non-hydrogen) atoms. The molecule has 0 spiro atoms. The lowest BCUT2D eigenvalue weighted by molar-refractivity contribution is -0.145. The van der Waals surface area contributed by atoms with E-state index in [1.54, 1.807) is 26.2 Å². The van der Waals surface area contributed by atoms with Crippen molar-refractivity contribution in [3.05, 3.63) is 29.3 Å². The third-order valence-corrected chi connectivity index (χ3v) is 2.55. The third kappa shape index (κ3) is 6.25. The molecule has 0 aliphatic rings. The van der Waals surface area contributed by atoms with E-state index in [1.165, 1.54) is 0 Å². The number of hydrogen-bond acceptors (Lipinski definition) is 6. The zero-order valence-electron chi connectivity index (χ0n) is 12.3. The van der Waals surface area contributed by atoms with Gasteiger partial charge in [-0.2, -0.15) is 5.26 Å². The number of carbonyl (C=O) groups excluding carboxylic acids is 1. The van der Waals surface area contributed by atoms with Crippen LogP contribution in [0.3, 0.4) is 0 Å². The van der Waals surface area contributed by atoms with Crippen LogP contribution in [0, 0.1) is 11.3 Å². The summed E-state index contributed by atoms with van der Waals surface area (Å²) < 4.78 is 20.0. The topological polar surface area (TPSA) is 77.8 Å². The molecule has 0 aliphatic heterocycles. The molecular formula is C15H19NO5. The van der Waals surface area contributed by atoms with Gasteiger partial charge in [-0.25, -0.2) is 4.79 Å². The van der Waals surface area contributed by atoms with Crippen molar-refractivity contribution < 1.29 is 23.7 Å². The predicted molar refractivity (Wildman–Crippen MR) is 74.8 cm³/mol. The molecule has 0 N–H and O–H groups in total. The van der Waals surface area contributed by atoms with Gasteiger partial charge in [-0.1, -0.05) is 6.07 Å². The largest absolute Gasteiger partial charge is 0.481 e. The molecule has 114 valence electrons. The number of rotatable bonds is 9. The molecule has 0 aromatic heterocycles. The van der Waals surface area contributed by atoms with E-state index >= 15 is 0 Å². The van der Waals surface area contributed by atoms with Crippen molar-refractivity contribution in [2.45, 2.75) is 13.3 Å². The van der Waals surface area contributed by atoms with Crippen LogP contribution in [0.15, 0.2) is 18.2 Å². The van der Waals surface area contributed by atoms with E-state index in [4.69, 9.17) is 24.2 Å². The van der Waals surface area contributed by atoms with Crippen LogP contribution in [0.2, 0.25) is 0 Å². The maximum absolute atomic E-state index is 11.2. The Labute approximate surface area is 124 Å². The van der Waals surface area contributed by atoms with Gasteiger partial charge in [-0.3, -0.25) is 0 Å². The number of nitriles is 1. The van der Waals surface area contributed by atoms with Crippen molar-refractivity contribution in [1.82, 2.24) is 0 Å². The fraction of sp³-hybridized carbons (Fsp3) is 0.467. The smallest absolute Gasteiger partial charge is 0.344 e. The summed E-state index contributed by atoms with van der Waals surface area (Å²) >= 11 is 0. The Morgan fingerprint density at radius 2 is 2.19 bits per heavy atom. The fourth-order valence-electron chi connectivity index (χ4n) is 1.62. The molecule has 1 rings (SSSR count). The second-order valence-electron chi connectivity index (χ2n) is 4.10. The highest BCUT2D eigenvalue weighted by molar-refractivity contribution is 5.71. The second kappa shape index (κ2) is 9.75. The van der Waals surface area contributed by atoms with Crippen LogP contribution < -0.4 is 4.74 Å². The van der Waals surface area contributed by atoms with Gasteiger partial charge < -0.3 is 18.9 Å². The minimum Gasteiger partial charge on any atom is -0.481 e. The first-order valence-electron chi connectivity index (χ1n) is 6.59. The van der Waals surface area contributed by atoms with Gasteiger partial charge in [0.05, 0.1) is 18.8 Å². The van der Waals surface area contributed by atoms with Crippen molar-refractivity contribution in [2.24, 2.45) is 0 Å². The van der Waals surface area contributed by atoms with Crippen molar-refractivity contribution in [1.29, 1.82) is 5.26 Å². The van der Waals surface area contributed by atoms with E-state index in [-0.39, 0.29) is 13.4 Å². The van der Waals surface area contributed by atoms with E-state index in [2.05, 4.69) is 6.07 Å². The van der Waals surface area contributed by atoms with E-state index in [0.717, 1.165) is 5.56 Å². The average Bonchev–Trinajstić information content (AvgIpc) is 2.50. The Morgan fingerprint density at radius 1 is 1.38 bits per heavy atom. The molecule has 0 saturated heterocycles. The lowest BCUT2D eigenvalue weighted by atomic mass is 10.1. The highest BCUT2D eigenvalue weighted by Gasteiger charge is 2.08. The molecular weight excluding hydrogens is 274 g/mol. The maximum Gasteiger partial charge on any atom is 0.344 e. The summed E-state index contributed by atoms with van der Waals surface area (Å²) in [4.78, 5) is 11.2. The van der Waals surface area contributed by atoms with Crippen LogP contribution in [0.1, 0.15) is 18.1 Å². The first-order valence-corrected chi connectivity index (χ1v) is 6.59. The number of methoxy groups -OCH3 is 1. The SMILES string of the molecule is CCOC(=O)COc1ccc(CCOCOC)cc1C#N. The fourth-order valence-corrected chi connectivity index (χ4v) is 1.62. The molecule has 0 amide bonds. The zero-order chi connectivity index (χ0) is 15.5. The third-order valence-electron chi connectivity index (χ3n) is 2.55. The van der Waals surface area contributed by atoms with Crippen molar-refractivity contribution >= 4 is 5.97 Å². The Hall–Kier alpha value is -2.10. The normalized spacial score (nSPS) is 9.95. The number of carbonyl (C=O) groups is 1. The van der Waals surface area contributed by atoms with Crippen molar-refractivity contribution in [3.8, 4) is 11.8 Å². The first kappa shape index (κ1) is 17.0. The minimum absolute atomic E-state index is 0.210. The molecule has 6 nitrogen and oxygen atoms in total. The molecule has 6 heteroatoms. The lowest BCUT2D eigenvalue weighted by Gasteiger charge is -2.09. The summed E-state index contributed by atoms with van der Waals surface area (Å²) in [5, 5.41) is 9.12. The van der Waals surface area contributed by atoms with Crippen molar-refractivity contribution in [2.75, 3.05) is 33.7 Å². The van der Waals surface area contributed by atoms with Gasteiger partial charge in [0.1, 0.15) is 18.6 Å². The summed E-state index contributed by atoms with van der Waals surface area (Å²) in [6, 6.07) is 7.27.